The molecule has 8 aromatic rings. The van der Waals surface area contributed by atoms with Crippen molar-refractivity contribution in [1.82, 2.24) is 9.97 Å². The van der Waals surface area contributed by atoms with E-state index in [9.17, 15) is 0 Å². The van der Waals surface area contributed by atoms with E-state index in [2.05, 4.69) is 22.1 Å². The fraction of sp³-hybridized carbons (Fsp3) is 0.0476. The van der Waals surface area contributed by atoms with Crippen LogP contribution in [-0.4, -0.2) is 9.97 Å². The van der Waals surface area contributed by atoms with Crippen LogP contribution in [-0.2, 0) is 32.9 Å². The number of aromatic nitrogens is 2. The van der Waals surface area contributed by atoms with Crippen LogP contribution in [0.15, 0.2) is 162 Å². The molecule has 1 radical (unpaired) electrons. The molecule has 46 heavy (non-hydrogen) atoms. The standard InChI is InChI=1S/C24H16NO.C18H14N.Ir/c1-2-7-17(8-3-1)15-18-13-14-25-22(16-18)21-11-6-10-20-19-9-4-5-12-23(19)26-24(20)21;1-3-8-15(9-4-1)14-17-12-7-13-19-18(17)16-10-5-2-6-11-16;/h1-10,12-14,16H,15H2;1-10,12-13H,14H2;/q2*-1;/i15D2;14D2;. The van der Waals surface area contributed by atoms with E-state index in [1.165, 1.54) is 0 Å². The Morgan fingerprint density at radius 2 is 1.33 bits per heavy atom. The van der Waals surface area contributed by atoms with Crippen LogP contribution in [0.2, 0.25) is 0 Å². The predicted octanol–water partition coefficient (Wildman–Crippen LogP) is 10.2. The molecule has 8 rings (SSSR count). The Hall–Kier alpha value is -5.15. The summed E-state index contributed by atoms with van der Waals surface area (Å²) in [6, 6.07) is 51.0. The minimum Gasteiger partial charge on any atom is -0.501 e. The normalized spacial score (nSPS) is 12.5. The van der Waals surface area contributed by atoms with Gasteiger partial charge in [-0.15, -0.1) is 54.1 Å². The van der Waals surface area contributed by atoms with E-state index in [0.29, 0.717) is 39.2 Å². The third kappa shape index (κ3) is 7.05. The van der Waals surface area contributed by atoms with Crippen LogP contribution in [0.5, 0.6) is 0 Å². The van der Waals surface area contributed by atoms with E-state index in [-0.39, 0.29) is 20.1 Å². The maximum Gasteiger partial charge on any atom is 0.120 e. The second-order valence-electron chi connectivity index (χ2n) is 10.3. The van der Waals surface area contributed by atoms with Gasteiger partial charge in [0, 0.05) is 43.4 Å². The molecule has 4 heteroatoms. The molecule has 0 aliphatic heterocycles. The number of benzene rings is 5. The molecule has 5 aromatic carbocycles. The monoisotopic (exact) mass is 775 g/mol. The molecule has 0 unspecified atom stereocenters. The summed E-state index contributed by atoms with van der Waals surface area (Å²) in [4.78, 5) is 8.85. The van der Waals surface area contributed by atoms with Gasteiger partial charge < -0.3 is 14.4 Å². The van der Waals surface area contributed by atoms with Gasteiger partial charge in [0.25, 0.3) is 0 Å². The van der Waals surface area contributed by atoms with Crippen molar-refractivity contribution in [1.29, 1.82) is 0 Å². The van der Waals surface area contributed by atoms with Crippen molar-refractivity contribution in [3.63, 3.8) is 0 Å². The fourth-order valence-corrected chi connectivity index (χ4v) is 5.15. The van der Waals surface area contributed by atoms with Crippen LogP contribution in [0.4, 0.5) is 0 Å². The number of hydrogen-bond donors (Lipinski definition) is 0. The van der Waals surface area contributed by atoms with Gasteiger partial charge in [-0.05, 0) is 59.0 Å². The Kier molecular flexibility index (Phi) is 8.37. The number of rotatable bonds is 6. The maximum atomic E-state index is 8.62. The molecular formula is C42H30IrN2O-2. The zero-order valence-corrected chi connectivity index (χ0v) is 27.0. The zero-order chi connectivity index (χ0) is 33.8. The van der Waals surface area contributed by atoms with Crippen molar-refractivity contribution < 1.29 is 30.0 Å². The van der Waals surface area contributed by atoms with Crippen LogP contribution in [0, 0.1) is 12.1 Å². The van der Waals surface area contributed by atoms with E-state index < -0.39 is 12.7 Å². The van der Waals surface area contributed by atoms with Gasteiger partial charge in [-0.25, -0.2) is 0 Å². The summed E-state index contributed by atoms with van der Waals surface area (Å²) in [5, 5.41) is 2.05. The molecule has 0 saturated heterocycles. The Morgan fingerprint density at radius 1 is 0.587 bits per heavy atom. The van der Waals surface area contributed by atoms with Crippen LogP contribution in [0.3, 0.4) is 0 Å². The Balaban J connectivity index is 0.000000177. The molecule has 0 amide bonds. The van der Waals surface area contributed by atoms with Gasteiger partial charge in [0.05, 0.1) is 5.58 Å². The van der Waals surface area contributed by atoms with Gasteiger partial charge in [-0.1, -0.05) is 108 Å². The minimum absolute atomic E-state index is 0. The van der Waals surface area contributed by atoms with Gasteiger partial charge in [0.2, 0.25) is 0 Å². The molecular weight excluding hydrogens is 741 g/mol. The largest absolute Gasteiger partial charge is 0.501 e. The molecule has 0 spiro atoms. The van der Waals surface area contributed by atoms with Crippen molar-refractivity contribution in [3.8, 4) is 22.5 Å². The van der Waals surface area contributed by atoms with Crippen LogP contribution < -0.4 is 0 Å². The first kappa shape index (κ1) is 26.1. The number of para-hydroxylation sites is 1. The van der Waals surface area contributed by atoms with E-state index in [1.807, 2.05) is 97.1 Å². The molecule has 0 fully saturated rings. The maximum absolute atomic E-state index is 8.62. The van der Waals surface area contributed by atoms with Crippen molar-refractivity contribution in [2.24, 2.45) is 0 Å². The second-order valence-corrected chi connectivity index (χ2v) is 10.3. The molecule has 0 aliphatic rings. The topological polar surface area (TPSA) is 38.9 Å². The zero-order valence-electron chi connectivity index (χ0n) is 28.6. The molecule has 3 aromatic heterocycles. The number of nitrogens with zero attached hydrogens (tertiary/aromatic N) is 2. The third-order valence-corrected chi connectivity index (χ3v) is 7.24. The van der Waals surface area contributed by atoms with Crippen LogP contribution in [0.25, 0.3) is 44.5 Å². The average Bonchev–Trinajstić information content (AvgIpc) is 3.55. The smallest absolute Gasteiger partial charge is 0.120 e. The number of fused-ring (bicyclic) bond motifs is 3. The average molecular weight is 775 g/mol. The van der Waals surface area contributed by atoms with Crippen LogP contribution in [0.1, 0.15) is 27.7 Å². The van der Waals surface area contributed by atoms with Gasteiger partial charge >= 0.3 is 0 Å². The van der Waals surface area contributed by atoms with E-state index >= 15 is 0 Å². The summed E-state index contributed by atoms with van der Waals surface area (Å²) in [5.41, 5.74) is 6.67. The molecule has 225 valence electrons. The van der Waals surface area contributed by atoms with Gasteiger partial charge in [0.15, 0.2) is 0 Å². The first-order chi connectivity index (χ1) is 23.8. The molecule has 0 N–H and O–H groups in total. The first-order valence-corrected chi connectivity index (χ1v) is 14.7. The van der Waals surface area contributed by atoms with Crippen molar-refractivity contribution in [2.75, 3.05) is 0 Å². The van der Waals surface area contributed by atoms with E-state index in [0.717, 1.165) is 27.5 Å². The summed E-state index contributed by atoms with van der Waals surface area (Å²) >= 11 is 0. The molecule has 3 heterocycles. The number of furan rings is 1. The molecule has 0 saturated carbocycles. The van der Waals surface area contributed by atoms with Gasteiger partial charge in [0.1, 0.15) is 5.58 Å². The molecule has 3 nitrogen and oxygen atoms in total. The van der Waals surface area contributed by atoms with Gasteiger partial charge in [-0.2, -0.15) is 0 Å². The molecule has 0 atom stereocenters. The van der Waals surface area contributed by atoms with Crippen molar-refractivity contribution in [2.45, 2.75) is 12.7 Å². The Morgan fingerprint density at radius 3 is 2.11 bits per heavy atom. The first-order valence-electron chi connectivity index (χ1n) is 16.7. The van der Waals surface area contributed by atoms with Crippen molar-refractivity contribution in [3.05, 3.63) is 192 Å². The Bertz CT molecular complexity index is 2350. The summed E-state index contributed by atoms with van der Waals surface area (Å²) in [7, 11) is 0. The molecule has 0 aliphatic carbocycles. The molecule has 0 bridgehead atoms. The van der Waals surface area contributed by atoms with Crippen molar-refractivity contribution >= 4 is 21.9 Å². The van der Waals surface area contributed by atoms with Gasteiger partial charge in [-0.3, -0.25) is 0 Å². The summed E-state index contributed by atoms with van der Waals surface area (Å²) in [6.45, 7) is 0. The predicted molar refractivity (Wildman–Crippen MR) is 183 cm³/mol. The quantitative estimate of drug-likeness (QED) is 0.158. The van der Waals surface area contributed by atoms with E-state index in [4.69, 9.17) is 9.90 Å². The van der Waals surface area contributed by atoms with Crippen LogP contribution >= 0.6 is 0 Å². The summed E-state index contributed by atoms with van der Waals surface area (Å²) in [5.74, 6) is 0. The minimum atomic E-state index is -1.62. The van der Waals surface area contributed by atoms with E-state index in [1.54, 1.807) is 60.9 Å². The number of pyridine rings is 2. The second kappa shape index (κ2) is 14.8. The fourth-order valence-electron chi connectivity index (χ4n) is 5.15. The third-order valence-electron chi connectivity index (χ3n) is 7.24. The number of hydrogen-bond acceptors (Lipinski definition) is 3. The summed E-state index contributed by atoms with van der Waals surface area (Å²) < 4.78 is 40.4. The SMILES string of the molecule is [2H]C([2H])(c1ccccc1)c1cccnc1-c1[c-]cccc1.[2H]C([2H])(c1ccccc1)c1ccnc(-c2[c-]ccc3c2oc2ccccc23)c1.[Ir]. The Labute approximate surface area is 288 Å². The summed E-state index contributed by atoms with van der Waals surface area (Å²) in [6.07, 6.45) is 0.0940.